The van der Waals surface area contributed by atoms with E-state index in [0.29, 0.717) is 13.2 Å². The van der Waals surface area contributed by atoms with Crippen LogP contribution in [0.1, 0.15) is 5.56 Å². The zero-order valence-corrected chi connectivity index (χ0v) is 6.99. The lowest BCUT2D eigenvalue weighted by Gasteiger charge is -2.01. The van der Waals surface area contributed by atoms with E-state index in [-0.39, 0.29) is 0 Å². The van der Waals surface area contributed by atoms with E-state index < -0.39 is 0 Å². The Morgan fingerprint density at radius 3 is 2.58 bits per heavy atom. The van der Waals surface area contributed by atoms with Crippen LogP contribution in [0, 0.1) is 0 Å². The Hall–Kier alpha value is -1.28. The Labute approximate surface area is 72.7 Å². The third-order valence-corrected chi connectivity index (χ3v) is 1.48. The molecule has 0 amide bonds. The van der Waals surface area contributed by atoms with Crippen molar-refractivity contribution in [1.29, 1.82) is 0 Å². The Morgan fingerprint density at radius 1 is 1.33 bits per heavy atom. The first kappa shape index (κ1) is 8.81. The van der Waals surface area contributed by atoms with Crippen LogP contribution in [0.15, 0.2) is 36.9 Å². The molecule has 0 fully saturated rings. The summed E-state index contributed by atoms with van der Waals surface area (Å²) in [5.74, 6) is 0. The predicted octanol–water partition coefficient (Wildman–Crippen LogP) is 1.97. The Morgan fingerprint density at radius 2 is 2.00 bits per heavy atom. The standard InChI is InChI=1S/C10H13NO/c1-2-7-12-8-9-3-5-10(11)6-4-9/h2-6H,1,7-8,11H2. The van der Waals surface area contributed by atoms with Gasteiger partial charge < -0.3 is 10.5 Å². The minimum Gasteiger partial charge on any atom is -0.399 e. The molecule has 2 heteroatoms. The molecule has 0 saturated carbocycles. The van der Waals surface area contributed by atoms with E-state index in [1.165, 1.54) is 0 Å². The highest BCUT2D eigenvalue weighted by molar-refractivity contribution is 5.39. The van der Waals surface area contributed by atoms with Gasteiger partial charge in [0.2, 0.25) is 0 Å². The van der Waals surface area contributed by atoms with Crippen molar-refractivity contribution in [2.75, 3.05) is 12.3 Å². The summed E-state index contributed by atoms with van der Waals surface area (Å²) >= 11 is 0. The zero-order valence-electron chi connectivity index (χ0n) is 6.99. The summed E-state index contributed by atoms with van der Waals surface area (Å²) in [6.45, 7) is 4.77. The fourth-order valence-corrected chi connectivity index (χ4v) is 0.874. The van der Waals surface area contributed by atoms with Crippen LogP contribution in [0.25, 0.3) is 0 Å². The average molecular weight is 163 g/mol. The van der Waals surface area contributed by atoms with Crippen LogP contribution < -0.4 is 5.73 Å². The summed E-state index contributed by atoms with van der Waals surface area (Å²) in [5, 5.41) is 0. The lowest BCUT2D eigenvalue weighted by molar-refractivity contribution is 0.149. The van der Waals surface area contributed by atoms with Crippen LogP contribution in [0.3, 0.4) is 0 Å². The van der Waals surface area contributed by atoms with Gasteiger partial charge in [0, 0.05) is 5.69 Å². The largest absolute Gasteiger partial charge is 0.399 e. The Bertz CT molecular complexity index is 241. The smallest absolute Gasteiger partial charge is 0.0721 e. The van der Waals surface area contributed by atoms with E-state index in [1.54, 1.807) is 6.08 Å². The molecule has 0 unspecified atom stereocenters. The van der Waals surface area contributed by atoms with Gasteiger partial charge in [-0.25, -0.2) is 0 Å². The van der Waals surface area contributed by atoms with Crippen molar-refractivity contribution in [2.24, 2.45) is 0 Å². The van der Waals surface area contributed by atoms with Gasteiger partial charge in [0.15, 0.2) is 0 Å². The summed E-state index contributed by atoms with van der Waals surface area (Å²) in [7, 11) is 0. The topological polar surface area (TPSA) is 35.2 Å². The van der Waals surface area contributed by atoms with Crippen molar-refractivity contribution in [3.63, 3.8) is 0 Å². The molecule has 0 saturated heterocycles. The number of ether oxygens (including phenoxy) is 1. The molecule has 1 aromatic carbocycles. The second kappa shape index (κ2) is 4.57. The number of hydrogen-bond acceptors (Lipinski definition) is 2. The van der Waals surface area contributed by atoms with E-state index >= 15 is 0 Å². The quantitative estimate of drug-likeness (QED) is 0.418. The van der Waals surface area contributed by atoms with Gasteiger partial charge in [0.1, 0.15) is 0 Å². The summed E-state index contributed by atoms with van der Waals surface area (Å²) in [6.07, 6.45) is 1.73. The van der Waals surface area contributed by atoms with E-state index in [9.17, 15) is 0 Å². The van der Waals surface area contributed by atoms with Gasteiger partial charge in [-0.1, -0.05) is 18.2 Å². The van der Waals surface area contributed by atoms with Gasteiger partial charge in [0.05, 0.1) is 13.2 Å². The molecule has 0 radical (unpaired) electrons. The van der Waals surface area contributed by atoms with E-state index in [2.05, 4.69) is 6.58 Å². The molecule has 0 aliphatic carbocycles. The highest BCUT2D eigenvalue weighted by Gasteiger charge is 1.90. The van der Waals surface area contributed by atoms with Crippen LogP contribution in [0.5, 0.6) is 0 Å². The minimum atomic E-state index is 0.588. The number of hydrogen-bond donors (Lipinski definition) is 1. The molecule has 0 aromatic heterocycles. The van der Waals surface area contributed by atoms with E-state index in [1.807, 2.05) is 24.3 Å². The first-order chi connectivity index (χ1) is 5.83. The molecular weight excluding hydrogens is 150 g/mol. The molecule has 0 spiro atoms. The first-order valence-corrected chi connectivity index (χ1v) is 3.86. The van der Waals surface area contributed by atoms with Crippen LogP contribution in [0.2, 0.25) is 0 Å². The molecule has 0 bridgehead atoms. The van der Waals surface area contributed by atoms with Gasteiger partial charge in [-0.3, -0.25) is 0 Å². The highest BCUT2D eigenvalue weighted by atomic mass is 16.5. The number of anilines is 1. The third kappa shape index (κ3) is 2.76. The van der Waals surface area contributed by atoms with Crippen molar-refractivity contribution in [3.8, 4) is 0 Å². The van der Waals surface area contributed by atoms with Gasteiger partial charge >= 0.3 is 0 Å². The lowest BCUT2D eigenvalue weighted by atomic mass is 10.2. The third-order valence-electron chi connectivity index (χ3n) is 1.48. The van der Waals surface area contributed by atoms with Crippen molar-refractivity contribution in [1.82, 2.24) is 0 Å². The molecule has 0 aliphatic rings. The maximum atomic E-state index is 5.52. The molecule has 2 nitrogen and oxygen atoms in total. The maximum absolute atomic E-state index is 5.52. The van der Waals surface area contributed by atoms with Crippen molar-refractivity contribution < 1.29 is 4.74 Å². The normalized spacial score (nSPS) is 9.67. The Kier molecular flexibility index (Phi) is 3.35. The fourth-order valence-electron chi connectivity index (χ4n) is 0.874. The number of nitrogen functional groups attached to an aromatic ring is 1. The molecule has 1 rings (SSSR count). The van der Waals surface area contributed by atoms with Gasteiger partial charge in [-0.15, -0.1) is 6.58 Å². The SMILES string of the molecule is C=CCOCc1ccc(N)cc1. The molecule has 64 valence electrons. The second-order valence-electron chi connectivity index (χ2n) is 2.55. The predicted molar refractivity (Wildman–Crippen MR) is 50.7 cm³/mol. The summed E-state index contributed by atoms with van der Waals surface area (Å²) in [6, 6.07) is 7.65. The summed E-state index contributed by atoms with van der Waals surface area (Å²) in [5.41, 5.74) is 7.44. The minimum absolute atomic E-state index is 0.588. The van der Waals surface area contributed by atoms with Crippen molar-refractivity contribution in [2.45, 2.75) is 6.61 Å². The second-order valence-corrected chi connectivity index (χ2v) is 2.55. The molecule has 0 aliphatic heterocycles. The van der Waals surface area contributed by atoms with Gasteiger partial charge in [0.25, 0.3) is 0 Å². The molecule has 2 N–H and O–H groups in total. The van der Waals surface area contributed by atoms with E-state index in [4.69, 9.17) is 10.5 Å². The first-order valence-electron chi connectivity index (χ1n) is 3.86. The molecule has 1 aromatic rings. The molecule has 0 atom stereocenters. The van der Waals surface area contributed by atoms with Crippen LogP contribution >= 0.6 is 0 Å². The van der Waals surface area contributed by atoms with E-state index in [0.717, 1.165) is 11.3 Å². The molecular formula is C10H13NO. The number of benzene rings is 1. The fraction of sp³-hybridized carbons (Fsp3) is 0.200. The highest BCUT2D eigenvalue weighted by Crippen LogP contribution is 2.06. The van der Waals surface area contributed by atoms with Crippen LogP contribution in [-0.4, -0.2) is 6.61 Å². The van der Waals surface area contributed by atoms with Crippen LogP contribution in [-0.2, 0) is 11.3 Å². The summed E-state index contributed by atoms with van der Waals surface area (Å²) in [4.78, 5) is 0. The monoisotopic (exact) mass is 163 g/mol. The van der Waals surface area contributed by atoms with Gasteiger partial charge in [-0.05, 0) is 17.7 Å². The molecule has 0 heterocycles. The summed E-state index contributed by atoms with van der Waals surface area (Å²) < 4.78 is 5.25. The van der Waals surface area contributed by atoms with Crippen LogP contribution in [0.4, 0.5) is 5.69 Å². The van der Waals surface area contributed by atoms with Gasteiger partial charge in [-0.2, -0.15) is 0 Å². The maximum Gasteiger partial charge on any atom is 0.0721 e. The lowest BCUT2D eigenvalue weighted by Crippen LogP contribution is -1.92. The van der Waals surface area contributed by atoms with Crippen molar-refractivity contribution >= 4 is 5.69 Å². The number of nitrogens with two attached hydrogens (primary N) is 1. The van der Waals surface area contributed by atoms with Crippen molar-refractivity contribution in [3.05, 3.63) is 42.5 Å². The number of rotatable bonds is 4. The Balaban J connectivity index is 2.42. The molecule has 12 heavy (non-hydrogen) atoms. The average Bonchev–Trinajstić information content (AvgIpc) is 2.09. The zero-order chi connectivity index (χ0) is 8.81.